The van der Waals surface area contributed by atoms with Crippen molar-refractivity contribution in [2.24, 2.45) is 0 Å². The molecule has 0 bridgehead atoms. The van der Waals surface area contributed by atoms with Crippen LogP contribution < -0.4 is 0 Å². The van der Waals surface area contributed by atoms with Crippen LogP contribution in [0.25, 0.3) is 0 Å². The van der Waals surface area contributed by atoms with E-state index < -0.39 is 5.60 Å². The van der Waals surface area contributed by atoms with Crippen LogP contribution >= 0.6 is 0 Å². The van der Waals surface area contributed by atoms with E-state index in [9.17, 15) is 9.90 Å². The molecule has 0 aliphatic rings. The average Bonchev–Trinajstić information content (AvgIpc) is 2.61. The summed E-state index contributed by atoms with van der Waals surface area (Å²) in [7, 11) is 0. The molecule has 122 valence electrons. The van der Waals surface area contributed by atoms with Crippen LogP contribution in [0.2, 0.25) is 0 Å². The third-order valence-electron chi connectivity index (χ3n) is 3.97. The topological polar surface area (TPSA) is 40.5 Å². The van der Waals surface area contributed by atoms with Crippen molar-refractivity contribution in [3.05, 3.63) is 71.8 Å². The quantitative estimate of drug-likeness (QED) is 0.849. The number of carbonyl (C=O) groups is 1. The van der Waals surface area contributed by atoms with E-state index in [1.54, 1.807) is 29.2 Å². The van der Waals surface area contributed by atoms with Crippen LogP contribution in [0, 0.1) is 0 Å². The van der Waals surface area contributed by atoms with Gasteiger partial charge in [-0.2, -0.15) is 0 Å². The van der Waals surface area contributed by atoms with E-state index in [-0.39, 0.29) is 5.91 Å². The molecule has 0 radical (unpaired) electrons. The van der Waals surface area contributed by atoms with Crippen LogP contribution in [-0.2, 0) is 10.4 Å². The van der Waals surface area contributed by atoms with Crippen molar-refractivity contribution in [1.82, 2.24) is 4.90 Å². The Bertz CT molecular complexity index is 565. The number of carbonyl (C=O) groups excluding carboxylic acids is 1. The highest BCUT2D eigenvalue weighted by molar-refractivity contribution is 5.90. The zero-order valence-electron chi connectivity index (χ0n) is 13.9. The smallest absolute Gasteiger partial charge is 0.263 e. The van der Waals surface area contributed by atoms with Gasteiger partial charge in [0.25, 0.3) is 5.91 Å². The molecule has 0 spiro atoms. The van der Waals surface area contributed by atoms with Crippen molar-refractivity contribution in [1.29, 1.82) is 0 Å². The number of hydrogen-bond acceptors (Lipinski definition) is 2. The van der Waals surface area contributed by atoms with Gasteiger partial charge in [-0.1, -0.05) is 74.5 Å². The molecule has 1 amide bonds. The van der Waals surface area contributed by atoms with Gasteiger partial charge in [-0.15, -0.1) is 0 Å². The van der Waals surface area contributed by atoms with Crippen molar-refractivity contribution >= 4 is 5.91 Å². The molecule has 0 aromatic heterocycles. The van der Waals surface area contributed by atoms with Gasteiger partial charge in [0.05, 0.1) is 0 Å². The van der Waals surface area contributed by atoms with Gasteiger partial charge in [0.15, 0.2) is 5.60 Å². The Hall–Kier alpha value is -2.13. The lowest BCUT2D eigenvalue weighted by molar-refractivity contribution is -0.148. The zero-order valence-corrected chi connectivity index (χ0v) is 13.9. The second kappa shape index (κ2) is 7.93. The number of rotatable bonds is 7. The number of benzene rings is 2. The van der Waals surface area contributed by atoms with E-state index in [4.69, 9.17) is 0 Å². The number of hydrogen-bond donors (Lipinski definition) is 1. The minimum atomic E-state index is -1.65. The molecule has 0 aliphatic heterocycles. The summed E-state index contributed by atoms with van der Waals surface area (Å²) in [6, 6.07) is 18.4. The average molecular weight is 311 g/mol. The molecule has 1 N–H and O–H groups in total. The largest absolute Gasteiger partial charge is 0.372 e. The lowest BCUT2D eigenvalue weighted by Gasteiger charge is -2.34. The monoisotopic (exact) mass is 311 g/mol. The Labute approximate surface area is 138 Å². The first-order valence-electron chi connectivity index (χ1n) is 8.27. The fourth-order valence-corrected chi connectivity index (χ4v) is 2.86. The van der Waals surface area contributed by atoms with Crippen molar-refractivity contribution < 1.29 is 9.90 Å². The molecule has 3 nitrogen and oxygen atoms in total. The molecule has 0 unspecified atom stereocenters. The summed E-state index contributed by atoms with van der Waals surface area (Å²) in [5.41, 5.74) is -0.436. The van der Waals surface area contributed by atoms with Crippen molar-refractivity contribution in [2.75, 3.05) is 13.1 Å². The Morgan fingerprint density at radius 3 is 1.61 bits per heavy atom. The summed E-state index contributed by atoms with van der Waals surface area (Å²) in [5, 5.41) is 11.5. The summed E-state index contributed by atoms with van der Waals surface area (Å²) in [6.45, 7) is 5.38. The highest BCUT2D eigenvalue weighted by atomic mass is 16.3. The minimum absolute atomic E-state index is 0.251. The maximum absolute atomic E-state index is 13.2. The van der Waals surface area contributed by atoms with Crippen molar-refractivity contribution in [3.8, 4) is 0 Å². The molecule has 0 saturated heterocycles. The number of aliphatic hydroxyl groups is 1. The first-order valence-corrected chi connectivity index (χ1v) is 8.27. The molecular formula is C20H25NO2. The van der Waals surface area contributed by atoms with Crippen molar-refractivity contribution in [2.45, 2.75) is 32.3 Å². The first kappa shape index (κ1) is 17.2. The van der Waals surface area contributed by atoms with E-state index in [2.05, 4.69) is 0 Å². The zero-order chi connectivity index (χ0) is 16.7. The van der Waals surface area contributed by atoms with Crippen LogP contribution in [0.4, 0.5) is 0 Å². The molecule has 0 fully saturated rings. The number of amides is 1. The summed E-state index contributed by atoms with van der Waals surface area (Å²) in [4.78, 5) is 15.0. The SMILES string of the molecule is CCCN(CCC)C(=O)C(O)(c1ccccc1)c1ccccc1. The summed E-state index contributed by atoms with van der Waals surface area (Å²) < 4.78 is 0. The third kappa shape index (κ3) is 3.62. The van der Waals surface area contributed by atoms with Crippen LogP contribution in [0.15, 0.2) is 60.7 Å². The van der Waals surface area contributed by atoms with Crippen LogP contribution in [-0.4, -0.2) is 29.0 Å². The molecule has 2 aromatic carbocycles. The molecule has 23 heavy (non-hydrogen) atoms. The Kier molecular flexibility index (Phi) is 5.94. The second-order valence-electron chi connectivity index (χ2n) is 5.73. The fourth-order valence-electron chi connectivity index (χ4n) is 2.86. The predicted octanol–water partition coefficient (Wildman–Crippen LogP) is 3.57. The highest BCUT2D eigenvalue weighted by Gasteiger charge is 2.42. The molecule has 2 rings (SSSR count). The Balaban J connectivity index is 2.52. The van der Waals surface area contributed by atoms with Crippen LogP contribution in [0.3, 0.4) is 0 Å². The maximum atomic E-state index is 13.2. The molecule has 0 heterocycles. The first-order chi connectivity index (χ1) is 11.1. The third-order valence-corrected chi connectivity index (χ3v) is 3.97. The fraction of sp³-hybridized carbons (Fsp3) is 0.350. The highest BCUT2D eigenvalue weighted by Crippen LogP contribution is 2.31. The van der Waals surface area contributed by atoms with Crippen molar-refractivity contribution in [3.63, 3.8) is 0 Å². The molecule has 3 heteroatoms. The van der Waals surface area contributed by atoms with E-state index in [1.165, 1.54) is 0 Å². The Morgan fingerprint density at radius 2 is 1.26 bits per heavy atom. The van der Waals surface area contributed by atoms with E-state index >= 15 is 0 Å². The van der Waals surface area contributed by atoms with Crippen LogP contribution in [0.1, 0.15) is 37.8 Å². The molecule has 0 saturated carbocycles. The van der Waals surface area contributed by atoms with Gasteiger partial charge < -0.3 is 10.0 Å². The molecule has 0 aliphatic carbocycles. The number of nitrogens with zero attached hydrogens (tertiary/aromatic N) is 1. The van der Waals surface area contributed by atoms with Gasteiger partial charge in [0.2, 0.25) is 0 Å². The van der Waals surface area contributed by atoms with E-state index in [0.29, 0.717) is 24.2 Å². The van der Waals surface area contributed by atoms with Gasteiger partial charge in [-0.3, -0.25) is 4.79 Å². The lowest BCUT2D eigenvalue weighted by Crippen LogP contribution is -2.48. The summed E-state index contributed by atoms with van der Waals surface area (Å²) in [5.74, 6) is -0.251. The van der Waals surface area contributed by atoms with E-state index in [1.807, 2.05) is 50.2 Å². The van der Waals surface area contributed by atoms with Crippen LogP contribution in [0.5, 0.6) is 0 Å². The van der Waals surface area contributed by atoms with Gasteiger partial charge in [0.1, 0.15) is 0 Å². The molecular weight excluding hydrogens is 286 g/mol. The lowest BCUT2D eigenvalue weighted by atomic mass is 9.85. The summed E-state index contributed by atoms with van der Waals surface area (Å²) >= 11 is 0. The second-order valence-corrected chi connectivity index (χ2v) is 5.73. The van der Waals surface area contributed by atoms with Gasteiger partial charge >= 0.3 is 0 Å². The normalized spacial score (nSPS) is 11.3. The Morgan fingerprint density at radius 1 is 0.870 bits per heavy atom. The standard InChI is InChI=1S/C20H25NO2/c1-3-15-21(16-4-2)19(22)20(23,17-11-7-5-8-12-17)18-13-9-6-10-14-18/h5-14,23H,3-4,15-16H2,1-2H3. The van der Waals surface area contributed by atoms with E-state index in [0.717, 1.165) is 12.8 Å². The minimum Gasteiger partial charge on any atom is -0.372 e. The van der Waals surface area contributed by atoms with Gasteiger partial charge in [-0.05, 0) is 24.0 Å². The predicted molar refractivity (Wildman–Crippen MR) is 93.0 cm³/mol. The molecule has 2 aromatic rings. The molecule has 0 atom stereocenters. The summed E-state index contributed by atoms with van der Waals surface area (Å²) in [6.07, 6.45) is 1.73. The van der Waals surface area contributed by atoms with Gasteiger partial charge in [0, 0.05) is 13.1 Å². The maximum Gasteiger partial charge on any atom is 0.263 e. The van der Waals surface area contributed by atoms with Gasteiger partial charge in [-0.25, -0.2) is 0 Å².